The number of phenols is 1. The summed E-state index contributed by atoms with van der Waals surface area (Å²) in [6.45, 7) is 0.128. The highest BCUT2D eigenvalue weighted by Gasteiger charge is 2.18. The molecule has 9 heteroatoms. The van der Waals surface area contributed by atoms with Crippen LogP contribution >= 0.6 is 0 Å². The highest BCUT2D eigenvalue weighted by atomic mass is 16.7. The van der Waals surface area contributed by atoms with Gasteiger partial charge in [-0.25, -0.2) is 4.79 Å². The van der Waals surface area contributed by atoms with Crippen LogP contribution in [-0.4, -0.2) is 23.9 Å². The molecule has 0 saturated heterocycles. The summed E-state index contributed by atoms with van der Waals surface area (Å²) in [6, 6.07) is 18.2. The van der Waals surface area contributed by atoms with Crippen LogP contribution < -0.4 is 25.8 Å². The smallest absolute Gasteiger partial charge is 0.412 e. The van der Waals surface area contributed by atoms with Crippen molar-refractivity contribution in [2.24, 2.45) is 0 Å². The second-order valence-corrected chi connectivity index (χ2v) is 7.39. The van der Waals surface area contributed by atoms with E-state index >= 15 is 0 Å². The van der Waals surface area contributed by atoms with Gasteiger partial charge in [-0.2, -0.15) is 0 Å². The summed E-state index contributed by atoms with van der Waals surface area (Å²) in [4.78, 5) is 24.8. The van der Waals surface area contributed by atoms with Crippen molar-refractivity contribution in [3.05, 3.63) is 84.4 Å². The predicted octanol–water partition coefficient (Wildman–Crippen LogP) is 4.58. The summed E-state index contributed by atoms with van der Waals surface area (Å²) in [5, 5.41) is 14.9. The number of hydrogen-bond acceptors (Lipinski definition) is 7. The molecule has 0 spiro atoms. The van der Waals surface area contributed by atoms with Crippen LogP contribution in [0, 0.1) is 0 Å². The second-order valence-electron chi connectivity index (χ2n) is 7.39. The Morgan fingerprint density at radius 1 is 1.03 bits per heavy atom. The Bertz CT molecular complexity index is 1210. The standard InChI is InChI=1S/C25H23N3O6/c26-19-4-1-2-5-20(19)28-24(30)7-3-6-21(16-8-11-18(29)12-9-16)34-25(31)27-17-10-13-22-23(14-17)33-15-32-22/h1-5,7-14,21,29H,6,15,26H2,(H,27,31)(H,28,30)/b7-3+/t21-/m0/s1. The fourth-order valence-corrected chi connectivity index (χ4v) is 3.28. The first kappa shape index (κ1) is 22.5. The van der Waals surface area contributed by atoms with Crippen molar-refractivity contribution in [1.29, 1.82) is 0 Å². The van der Waals surface area contributed by atoms with E-state index in [2.05, 4.69) is 10.6 Å². The van der Waals surface area contributed by atoms with Gasteiger partial charge in [0.05, 0.1) is 11.4 Å². The number of nitrogens with one attached hydrogen (secondary N) is 2. The molecular weight excluding hydrogens is 438 g/mol. The average Bonchev–Trinajstić information content (AvgIpc) is 3.28. The summed E-state index contributed by atoms with van der Waals surface area (Å²) < 4.78 is 16.2. The molecule has 9 nitrogen and oxygen atoms in total. The molecule has 34 heavy (non-hydrogen) atoms. The first-order valence-corrected chi connectivity index (χ1v) is 10.5. The van der Waals surface area contributed by atoms with Gasteiger partial charge in [-0.15, -0.1) is 0 Å². The second kappa shape index (κ2) is 10.3. The molecule has 1 heterocycles. The van der Waals surface area contributed by atoms with Crippen molar-refractivity contribution in [2.75, 3.05) is 23.2 Å². The lowest BCUT2D eigenvalue weighted by atomic mass is 10.1. The number of carbonyl (C=O) groups excluding carboxylic acids is 2. The normalized spacial score (nSPS) is 12.8. The number of ether oxygens (including phenoxy) is 3. The lowest BCUT2D eigenvalue weighted by Gasteiger charge is -2.17. The van der Waals surface area contributed by atoms with E-state index in [1.807, 2.05) is 0 Å². The molecule has 2 amide bonds. The predicted molar refractivity (Wildman–Crippen MR) is 127 cm³/mol. The zero-order valence-corrected chi connectivity index (χ0v) is 18.1. The monoisotopic (exact) mass is 461 g/mol. The zero-order chi connectivity index (χ0) is 23.9. The third kappa shape index (κ3) is 5.77. The third-order valence-corrected chi connectivity index (χ3v) is 4.97. The Hall–Kier alpha value is -4.66. The first-order chi connectivity index (χ1) is 16.5. The number of benzene rings is 3. The van der Waals surface area contributed by atoms with Gasteiger partial charge >= 0.3 is 6.09 Å². The van der Waals surface area contributed by atoms with Crippen LogP contribution in [0.1, 0.15) is 18.1 Å². The van der Waals surface area contributed by atoms with Gasteiger partial charge in [-0.3, -0.25) is 10.1 Å². The maximum absolute atomic E-state index is 12.6. The molecule has 0 fully saturated rings. The Balaban J connectivity index is 1.41. The SMILES string of the molecule is Nc1ccccc1NC(=O)/C=C/C[C@H](OC(=O)Nc1ccc2c(c1)OCO2)c1ccc(O)cc1. The van der Waals surface area contributed by atoms with Gasteiger partial charge in [0, 0.05) is 18.2 Å². The Morgan fingerprint density at radius 3 is 2.59 bits per heavy atom. The molecule has 0 unspecified atom stereocenters. The minimum atomic E-state index is -0.708. The summed E-state index contributed by atoms with van der Waals surface area (Å²) in [5.74, 6) is 0.845. The van der Waals surface area contributed by atoms with Crippen LogP contribution in [-0.2, 0) is 9.53 Å². The summed E-state index contributed by atoms with van der Waals surface area (Å²) in [6.07, 6.45) is 1.77. The van der Waals surface area contributed by atoms with Gasteiger partial charge in [0.15, 0.2) is 11.5 Å². The average molecular weight is 461 g/mol. The number of para-hydroxylation sites is 2. The van der Waals surface area contributed by atoms with E-state index in [4.69, 9.17) is 19.9 Å². The zero-order valence-electron chi connectivity index (χ0n) is 18.1. The molecule has 4 rings (SSSR count). The summed E-state index contributed by atoms with van der Waals surface area (Å²) in [7, 11) is 0. The van der Waals surface area contributed by atoms with Crippen LogP contribution in [0.15, 0.2) is 78.9 Å². The Kier molecular flexibility index (Phi) is 6.83. The Morgan fingerprint density at radius 2 is 1.79 bits per heavy atom. The minimum absolute atomic E-state index is 0.0858. The summed E-state index contributed by atoms with van der Waals surface area (Å²) in [5.41, 5.74) is 7.93. The van der Waals surface area contributed by atoms with Gasteiger partial charge < -0.3 is 30.4 Å². The molecule has 0 bridgehead atoms. The molecule has 0 saturated carbocycles. The minimum Gasteiger partial charge on any atom is -0.508 e. The lowest BCUT2D eigenvalue weighted by Crippen LogP contribution is -2.17. The van der Waals surface area contributed by atoms with E-state index in [1.165, 1.54) is 18.2 Å². The largest absolute Gasteiger partial charge is 0.508 e. The number of nitrogens with two attached hydrogens (primary N) is 1. The topological polar surface area (TPSA) is 132 Å². The molecule has 3 aromatic rings. The first-order valence-electron chi connectivity index (χ1n) is 10.5. The van der Waals surface area contributed by atoms with E-state index in [9.17, 15) is 14.7 Å². The lowest BCUT2D eigenvalue weighted by molar-refractivity contribution is -0.111. The van der Waals surface area contributed by atoms with Gasteiger partial charge in [0.2, 0.25) is 12.7 Å². The highest BCUT2D eigenvalue weighted by molar-refractivity contribution is 6.01. The molecule has 1 atom stereocenters. The van der Waals surface area contributed by atoms with E-state index in [0.29, 0.717) is 34.1 Å². The van der Waals surface area contributed by atoms with Gasteiger partial charge in [-0.05, 0) is 48.0 Å². The van der Waals surface area contributed by atoms with Crippen LogP contribution in [0.2, 0.25) is 0 Å². The van der Waals surface area contributed by atoms with Crippen LogP contribution in [0.25, 0.3) is 0 Å². The Labute approximate surface area is 195 Å². The van der Waals surface area contributed by atoms with Crippen molar-refractivity contribution < 1.29 is 28.9 Å². The number of hydrogen-bond donors (Lipinski definition) is 4. The maximum Gasteiger partial charge on any atom is 0.412 e. The number of carbonyl (C=O) groups is 2. The molecular formula is C25H23N3O6. The van der Waals surface area contributed by atoms with Crippen molar-refractivity contribution >= 4 is 29.1 Å². The van der Waals surface area contributed by atoms with E-state index in [1.54, 1.807) is 60.7 Å². The van der Waals surface area contributed by atoms with Crippen molar-refractivity contribution in [1.82, 2.24) is 0 Å². The quantitative estimate of drug-likeness (QED) is 0.299. The van der Waals surface area contributed by atoms with Crippen molar-refractivity contribution in [3.63, 3.8) is 0 Å². The molecule has 174 valence electrons. The van der Waals surface area contributed by atoms with E-state index < -0.39 is 12.2 Å². The number of phenolic OH excluding ortho intramolecular Hbond substituents is 1. The van der Waals surface area contributed by atoms with Crippen molar-refractivity contribution in [2.45, 2.75) is 12.5 Å². The number of rotatable bonds is 7. The third-order valence-electron chi connectivity index (χ3n) is 4.97. The van der Waals surface area contributed by atoms with Gasteiger partial charge in [0.25, 0.3) is 0 Å². The van der Waals surface area contributed by atoms with E-state index in [0.717, 1.165) is 0 Å². The number of amides is 2. The number of aromatic hydroxyl groups is 1. The maximum atomic E-state index is 12.6. The molecule has 0 aromatic heterocycles. The number of anilines is 3. The van der Waals surface area contributed by atoms with Crippen LogP contribution in [0.3, 0.4) is 0 Å². The molecule has 0 aliphatic carbocycles. The van der Waals surface area contributed by atoms with Gasteiger partial charge in [-0.1, -0.05) is 30.3 Å². The highest BCUT2D eigenvalue weighted by Crippen LogP contribution is 2.34. The van der Waals surface area contributed by atoms with Crippen LogP contribution in [0.5, 0.6) is 17.2 Å². The van der Waals surface area contributed by atoms with Crippen LogP contribution in [0.4, 0.5) is 21.9 Å². The van der Waals surface area contributed by atoms with Crippen molar-refractivity contribution in [3.8, 4) is 17.2 Å². The number of nitrogen functional groups attached to an aromatic ring is 1. The molecule has 0 radical (unpaired) electrons. The molecule has 1 aliphatic heterocycles. The fraction of sp³-hybridized carbons (Fsp3) is 0.120. The van der Waals surface area contributed by atoms with E-state index in [-0.39, 0.29) is 24.9 Å². The fourth-order valence-electron chi connectivity index (χ4n) is 3.28. The molecule has 5 N–H and O–H groups in total. The molecule has 3 aromatic carbocycles. The number of fused-ring (bicyclic) bond motifs is 1. The van der Waals surface area contributed by atoms with Gasteiger partial charge in [0.1, 0.15) is 11.9 Å². The molecule has 1 aliphatic rings. The summed E-state index contributed by atoms with van der Waals surface area (Å²) >= 11 is 0.